The summed E-state index contributed by atoms with van der Waals surface area (Å²) in [5, 5.41) is -0.175. The number of hydrogen-bond acceptors (Lipinski definition) is 1. The van der Waals surface area contributed by atoms with Crippen LogP contribution >= 0.6 is 11.6 Å². The van der Waals surface area contributed by atoms with Crippen LogP contribution in [0.25, 0.3) is 0 Å². The lowest BCUT2D eigenvalue weighted by Gasteiger charge is -2.23. The fraction of sp³-hybridized carbons (Fsp3) is 0.438. The Morgan fingerprint density at radius 2 is 1.90 bits per heavy atom. The minimum atomic E-state index is -0.272. The molecule has 1 atom stereocenters. The Morgan fingerprint density at radius 3 is 2.40 bits per heavy atom. The van der Waals surface area contributed by atoms with Crippen molar-refractivity contribution >= 4 is 17.5 Å². The van der Waals surface area contributed by atoms with Gasteiger partial charge >= 0.3 is 0 Å². The zero-order valence-electron chi connectivity index (χ0n) is 12.1. The Balaban J connectivity index is 2.78. The van der Waals surface area contributed by atoms with E-state index in [2.05, 4.69) is 13.8 Å². The van der Waals surface area contributed by atoms with Crippen molar-refractivity contribution in [1.29, 1.82) is 0 Å². The van der Waals surface area contributed by atoms with Crippen molar-refractivity contribution in [3.8, 4) is 0 Å². The van der Waals surface area contributed by atoms with Crippen LogP contribution in [0.2, 0.25) is 0 Å². The Kier molecular flexibility index (Phi) is 6.73. The van der Waals surface area contributed by atoms with Crippen LogP contribution in [0.1, 0.15) is 26.3 Å². The van der Waals surface area contributed by atoms with Crippen LogP contribution in [0.15, 0.2) is 36.4 Å². The Morgan fingerprint density at radius 1 is 1.30 bits per heavy atom. The van der Waals surface area contributed by atoms with Gasteiger partial charge in [-0.3, -0.25) is 4.79 Å². The van der Waals surface area contributed by atoms with Crippen molar-refractivity contribution in [3.05, 3.63) is 47.8 Å². The fourth-order valence-electron chi connectivity index (χ4n) is 1.80. The van der Waals surface area contributed by atoms with Gasteiger partial charge in [0.1, 0.15) is 5.82 Å². The molecule has 4 heteroatoms. The van der Waals surface area contributed by atoms with Crippen LogP contribution < -0.4 is 0 Å². The molecule has 0 radical (unpaired) electrons. The maximum Gasteiger partial charge on any atom is 0.246 e. The van der Waals surface area contributed by atoms with Gasteiger partial charge in [-0.2, -0.15) is 0 Å². The monoisotopic (exact) mass is 297 g/mol. The summed E-state index contributed by atoms with van der Waals surface area (Å²) in [4.78, 5) is 13.9. The summed E-state index contributed by atoms with van der Waals surface area (Å²) in [6.07, 6.45) is 3.17. The van der Waals surface area contributed by atoms with Gasteiger partial charge < -0.3 is 4.90 Å². The molecule has 20 heavy (non-hydrogen) atoms. The quantitative estimate of drug-likeness (QED) is 0.574. The lowest BCUT2D eigenvalue weighted by Crippen LogP contribution is -2.32. The van der Waals surface area contributed by atoms with Crippen molar-refractivity contribution in [2.24, 2.45) is 5.92 Å². The predicted molar refractivity (Wildman–Crippen MR) is 81.1 cm³/mol. The number of amides is 1. The fourth-order valence-corrected chi connectivity index (χ4v) is 1.88. The van der Waals surface area contributed by atoms with E-state index in [4.69, 9.17) is 11.6 Å². The summed E-state index contributed by atoms with van der Waals surface area (Å²) < 4.78 is 12.9. The highest BCUT2D eigenvalue weighted by molar-refractivity contribution is 6.21. The first kappa shape index (κ1) is 16.7. The largest absolute Gasteiger partial charge is 0.335 e. The number of hydrogen-bond donors (Lipinski definition) is 0. The number of carbonyl (C=O) groups excluding carboxylic acids is 1. The van der Waals surface area contributed by atoms with E-state index in [9.17, 15) is 9.18 Å². The summed E-state index contributed by atoms with van der Waals surface area (Å²) in [6.45, 7) is 7.03. The smallest absolute Gasteiger partial charge is 0.246 e. The standard InChI is InChI=1S/C16H21ClFNO/c1-12(2)10-19(16(20)9-4-13(3)17)11-14-5-7-15(18)8-6-14/h4-9,12-13H,10-11H2,1-3H3/b9-4+. The van der Waals surface area contributed by atoms with Gasteiger partial charge in [-0.25, -0.2) is 4.39 Å². The van der Waals surface area contributed by atoms with Crippen molar-refractivity contribution in [3.63, 3.8) is 0 Å². The molecule has 0 bridgehead atoms. The van der Waals surface area contributed by atoms with Crippen LogP contribution in [0.5, 0.6) is 0 Å². The molecular weight excluding hydrogens is 277 g/mol. The van der Waals surface area contributed by atoms with Gasteiger partial charge in [-0.1, -0.05) is 32.1 Å². The molecule has 1 amide bonds. The molecule has 0 N–H and O–H groups in total. The van der Waals surface area contributed by atoms with Gasteiger partial charge in [0, 0.05) is 24.5 Å². The zero-order chi connectivity index (χ0) is 15.1. The molecule has 1 aromatic carbocycles. The minimum absolute atomic E-state index is 0.0736. The molecule has 0 aliphatic heterocycles. The number of halogens is 2. The average molecular weight is 298 g/mol. The van der Waals surface area contributed by atoms with E-state index in [0.29, 0.717) is 19.0 Å². The highest BCUT2D eigenvalue weighted by Gasteiger charge is 2.13. The molecule has 1 rings (SSSR count). The van der Waals surface area contributed by atoms with Gasteiger partial charge in [0.2, 0.25) is 5.91 Å². The number of carbonyl (C=O) groups is 1. The second-order valence-corrected chi connectivity index (χ2v) is 5.96. The van der Waals surface area contributed by atoms with Gasteiger partial charge in [-0.15, -0.1) is 11.6 Å². The number of rotatable bonds is 6. The van der Waals surface area contributed by atoms with Crippen molar-refractivity contribution in [2.75, 3.05) is 6.54 Å². The molecule has 0 saturated heterocycles. The third-order valence-electron chi connectivity index (χ3n) is 2.69. The normalized spacial score (nSPS) is 12.9. The average Bonchev–Trinajstić information content (AvgIpc) is 2.37. The van der Waals surface area contributed by atoms with Crippen LogP contribution in [0.4, 0.5) is 4.39 Å². The lowest BCUT2D eigenvalue weighted by molar-refractivity contribution is -0.127. The van der Waals surface area contributed by atoms with E-state index in [-0.39, 0.29) is 17.1 Å². The third kappa shape index (κ3) is 6.20. The second-order valence-electron chi connectivity index (χ2n) is 5.28. The van der Waals surface area contributed by atoms with Gasteiger partial charge in [0.05, 0.1) is 0 Å². The number of allylic oxidation sites excluding steroid dienone is 1. The highest BCUT2D eigenvalue weighted by atomic mass is 35.5. The highest BCUT2D eigenvalue weighted by Crippen LogP contribution is 2.10. The molecular formula is C16H21ClFNO. The molecule has 0 aromatic heterocycles. The van der Waals surface area contributed by atoms with Crippen molar-refractivity contribution < 1.29 is 9.18 Å². The zero-order valence-corrected chi connectivity index (χ0v) is 12.9. The van der Waals surface area contributed by atoms with Crippen molar-refractivity contribution in [1.82, 2.24) is 4.90 Å². The molecule has 0 fully saturated rings. The van der Waals surface area contributed by atoms with Gasteiger partial charge in [0.25, 0.3) is 0 Å². The van der Waals surface area contributed by atoms with Crippen LogP contribution in [-0.4, -0.2) is 22.7 Å². The molecule has 1 aromatic rings. The molecule has 1 unspecified atom stereocenters. The first-order valence-electron chi connectivity index (χ1n) is 6.74. The number of nitrogens with zero attached hydrogens (tertiary/aromatic N) is 1. The molecule has 2 nitrogen and oxygen atoms in total. The summed E-state index contributed by atoms with van der Waals surface area (Å²) in [6, 6.07) is 6.21. The number of benzene rings is 1. The molecule has 0 heterocycles. The first-order valence-corrected chi connectivity index (χ1v) is 7.17. The first-order chi connectivity index (χ1) is 9.38. The van der Waals surface area contributed by atoms with E-state index >= 15 is 0 Å². The summed E-state index contributed by atoms with van der Waals surface area (Å²) in [7, 11) is 0. The van der Waals surface area contributed by atoms with Crippen LogP contribution in [0, 0.1) is 11.7 Å². The molecule has 0 spiro atoms. The second kappa shape index (κ2) is 8.05. The van der Waals surface area contributed by atoms with Gasteiger partial charge in [-0.05, 0) is 30.5 Å². The van der Waals surface area contributed by atoms with Crippen LogP contribution in [-0.2, 0) is 11.3 Å². The number of alkyl halides is 1. The molecule has 0 aliphatic carbocycles. The minimum Gasteiger partial charge on any atom is -0.335 e. The maximum atomic E-state index is 12.9. The summed E-state index contributed by atoms with van der Waals surface area (Å²) >= 11 is 5.81. The van der Waals surface area contributed by atoms with E-state index in [1.807, 2.05) is 0 Å². The van der Waals surface area contributed by atoms with E-state index < -0.39 is 0 Å². The van der Waals surface area contributed by atoms with Gasteiger partial charge in [0.15, 0.2) is 0 Å². The third-order valence-corrected chi connectivity index (χ3v) is 2.83. The van der Waals surface area contributed by atoms with Crippen molar-refractivity contribution in [2.45, 2.75) is 32.7 Å². The lowest BCUT2D eigenvalue weighted by atomic mass is 10.1. The van der Waals surface area contributed by atoms with E-state index in [0.717, 1.165) is 5.56 Å². The summed E-state index contributed by atoms with van der Waals surface area (Å²) in [5.41, 5.74) is 0.910. The van der Waals surface area contributed by atoms with E-state index in [1.54, 1.807) is 30.0 Å². The summed E-state index contributed by atoms with van der Waals surface area (Å²) in [5.74, 6) is 0.0168. The molecule has 0 saturated carbocycles. The SMILES string of the molecule is CC(Cl)/C=C/C(=O)N(Cc1ccc(F)cc1)CC(C)C. The predicted octanol–water partition coefficient (Wildman–Crippen LogP) is 3.99. The van der Waals surface area contributed by atoms with E-state index in [1.165, 1.54) is 18.2 Å². The topological polar surface area (TPSA) is 20.3 Å². The Hall–Kier alpha value is -1.35. The maximum absolute atomic E-state index is 12.9. The molecule has 110 valence electrons. The molecule has 0 aliphatic rings. The van der Waals surface area contributed by atoms with Crippen LogP contribution in [0.3, 0.4) is 0 Å². The Labute approximate surface area is 125 Å². The Bertz CT molecular complexity index is 454.